The maximum absolute atomic E-state index is 11.7. The van der Waals surface area contributed by atoms with Crippen molar-refractivity contribution in [2.45, 2.75) is 13.8 Å². The van der Waals surface area contributed by atoms with Crippen molar-refractivity contribution in [2.24, 2.45) is 0 Å². The van der Waals surface area contributed by atoms with Gasteiger partial charge in [0.05, 0.1) is 0 Å². The van der Waals surface area contributed by atoms with Crippen LogP contribution < -0.4 is 20.3 Å². The lowest BCUT2D eigenvalue weighted by Gasteiger charge is -2.10. The monoisotopic (exact) mass is 362 g/mol. The van der Waals surface area contributed by atoms with Crippen molar-refractivity contribution in [3.05, 3.63) is 58.6 Å². The molecule has 0 aromatic heterocycles. The van der Waals surface area contributed by atoms with E-state index in [0.717, 1.165) is 11.1 Å². The average molecular weight is 363 g/mol. The molecule has 132 valence electrons. The second-order valence-electron chi connectivity index (χ2n) is 5.45. The molecule has 25 heavy (non-hydrogen) atoms. The number of nitrogens with one attached hydrogen (secondary N) is 2. The Kier molecular flexibility index (Phi) is 6.65. The molecule has 7 heteroatoms. The van der Waals surface area contributed by atoms with Crippen molar-refractivity contribution in [3.8, 4) is 11.5 Å². The van der Waals surface area contributed by atoms with E-state index in [1.165, 1.54) is 0 Å². The molecule has 2 rings (SSSR count). The van der Waals surface area contributed by atoms with E-state index in [1.807, 2.05) is 32.0 Å². The molecular formula is C18H19ClN2O4. The van der Waals surface area contributed by atoms with Crippen molar-refractivity contribution in [2.75, 3.05) is 13.2 Å². The second-order valence-corrected chi connectivity index (χ2v) is 5.89. The number of ether oxygens (including phenoxy) is 2. The predicted molar refractivity (Wildman–Crippen MR) is 94.6 cm³/mol. The Hall–Kier alpha value is -2.73. The summed E-state index contributed by atoms with van der Waals surface area (Å²) in [6.07, 6.45) is 0. The van der Waals surface area contributed by atoms with Crippen LogP contribution in [0, 0.1) is 13.8 Å². The zero-order chi connectivity index (χ0) is 18.2. The van der Waals surface area contributed by atoms with Crippen LogP contribution in [0.3, 0.4) is 0 Å². The van der Waals surface area contributed by atoms with Crippen LogP contribution in [-0.4, -0.2) is 25.0 Å². The normalized spacial score (nSPS) is 10.0. The Morgan fingerprint density at radius 2 is 1.32 bits per heavy atom. The minimum absolute atomic E-state index is 0.207. The van der Waals surface area contributed by atoms with E-state index >= 15 is 0 Å². The van der Waals surface area contributed by atoms with Gasteiger partial charge in [-0.15, -0.1) is 0 Å². The molecule has 0 atom stereocenters. The highest BCUT2D eigenvalue weighted by Crippen LogP contribution is 2.16. The van der Waals surface area contributed by atoms with E-state index in [2.05, 4.69) is 10.9 Å². The van der Waals surface area contributed by atoms with E-state index in [4.69, 9.17) is 21.1 Å². The first-order chi connectivity index (χ1) is 11.9. The zero-order valence-corrected chi connectivity index (χ0v) is 14.7. The summed E-state index contributed by atoms with van der Waals surface area (Å²) in [5.74, 6) is 0.141. The standard InChI is InChI=1S/C18H19ClN2O4/c1-12-7-13(2)9-16(8-12)25-11-18(23)21-20-17(22)10-24-15-5-3-14(19)4-6-15/h3-9H,10-11H2,1-2H3,(H,20,22)(H,21,23). The Labute approximate surface area is 151 Å². The Morgan fingerprint density at radius 3 is 1.84 bits per heavy atom. The predicted octanol–water partition coefficient (Wildman–Crippen LogP) is 2.56. The number of carbonyl (C=O) groups excluding carboxylic acids is 2. The number of hydrogen-bond acceptors (Lipinski definition) is 4. The van der Waals surface area contributed by atoms with E-state index in [-0.39, 0.29) is 13.2 Å². The molecular weight excluding hydrogens is 344 g/mol. The first-order valence-corrected chi connectivity index (χ1v) is 7.97. The number of aryl methyl sites for hydroxylation is 2. The molecule has 0 radical (unpaired) electrons. The fraction of sp³-hybridized carbons (Fsp3) is 0.222. The fourth-order valence-electron chi connectivity index (χ4n) is 2.06. The molecule has 2 aromatic carbocycles. The minimum Gasteiger partial charge on any atom is -0.484 e. The lowest BCUT2D eigenvalue weighted by Crippen LogP contribution is -2.45. The Balaban J connectivity index is 1.68. The van der Waals surface area contributed by atoms with Crippen molar-refractivity contribution in [3.63, 3.8) is 0 Å². The number of benzene rings is 2. The molecule has 0 aliphatic heterocycles. The van der Waals surface area contributed by atoms with Crippen molar-refractivity contribution in [1.29, 1.82) is 0 Å². The first kappa shape index (κ1) is 18.6. The number of carbonyl (C=O) groups is 2. The molecule has 0 aliphatic carbocycles. The number of rotatable bonds is 6. The van der Waals surface area contributed by atoms with E-state index in [0.29, 0.717) is 16.5 Å². The highest BCUT2D eigenvalue weighted by Gasteiger charge is 2.07. The van der Waals surface area contributed by atoms with Gasteiger partial charge in [-0.3, -0.25) is 20.4 Å². The van der Waals surface area contributed by atoms with Gasteiger partial charge in [0, 0.05) is 5.02 Å². The summed E-state index contributed by atoms with van der Waals surface area (Å²) in [6.45, 7) is 3.45. The van der Waals surface area contributed by atoms with Crippen molar-refractivity contribution < 1.29 is 19.1 Å². The summed E-state index contributed by atoms with van der Waals surface area (Å²) in [5.41, 5.74) is 6.61. The molecule has 2 aromatic rings. The van der Waals surface area contributed by atoms with Gasteiger partial charge in [-0.2, -0.15) is 0 Å². The molecule has 0 aliphatic rings. The van der Waals surface area contributed by atoms with Crippen LogP contribution in [0.25, 0.3) is 0 Å². The summed E-state index contributed by atoms with van der Waals surface area (Å²) in [5, 5.41) is 0.577. The van der Waals surface area contributed by atoms with Crippen LogP contribution in [0.4, 0.5) is 0 Å². The molecule has 0 bridgehead atoms. The number of hydrogen-bond donors (Lipinski definition) is 2. The third-order valence-corrected chi connectivity index (χ3v) is 3.34. The molecule has 0 fully saturated rings. The third-order valence-electron chi connectivity index (χ3n) is 3.09. The lowest BCUT2D eigenvalue weighted by atomic mass is 10.1. The molecule has 6 nitrogen and oxygen atoms in total. The smallest absolute Gasteiger partial charge is 0.276 e. The molecule has 0 spiro atoms. The summed E-state index contributed by atoms with van der Waals surface area (Å²) in [6, 6.07) is 12.3. The van der Waals surface area contributed by atoms with E-state index in [1.54, 1.807) is 24.3 Å². The van der Waals surface area contributed by atoms with Crippen LogP contribution in [0.15, 0.2) is 42.5 Å². The number of hydrazine groups is 1. The summed E-state index contributed by atoms with van der Waals surface area (Å²) in [4.78, 5) is 23.3. The molecule has 0 heterocycles. The van der Waals surface area contributed by atoms with Crippen LogP contribution >= 0.6 is 11.6 Å². The maximum atomic E-state index is 11.7. The number of halogens is 1. The highest BCUT2D eigenvalue weighted by molar-refractivity contribution is 6.30. The van der Waals surface area contributed by atoms with Gasteiger partial charge < -0.3 is 9.47 Å². The summed E-state index contributed by atoms with van der Waals surface area (Å²) < 4.78 is 10.7. The zero-order valence-electron chi connectivity index (χ0n) is 14.0. The Morgan fingerprint density at radius 1 is 0.840 bits per heavy atom. The lowest BCUT2D eigenvalue weighted by molar-refractivity contribution is -0.131. The number of amides is 2. The van der Waals surface area contributed by atoms with Gasteiger partial charge in [-0.1, -0.05) is 17.7 Å². The van der Waals surface area contributed by atoms with Gasteiger partial charge in [0.2, 0.25) is 0 Å². The van der Waals surface area contributed by atoms with E-state index in [9.17, 15) is 9.59 Å². The van der Waals surface area contributed by atoms with Gasteiger partial charge in [0.15, 0.2) is 13.2 Å². The molecule has 2 N–H and O–H groups in total. The average Bonchev–Trinajstić information content (AvgIpc) is 2.57. The largest absolute Gasteiger partial charge is 0.484 e. The Bertz CT molecular complexity index is 727. The van der Waals surface area contributed by atoms with E-state index < -0.39 is 11.8 Å². The van der Waals surface area contributed by atoms with Crippen LogP contribution in [0.1, 0.15) is 11.1 Å². The van der Waals surface area contributed by atoms with Crippen LogP contribution in [0.5, 0.6) is 11.5 Å². The van der Waals surface area contributed by atoms with Crippen molar-refractivity contribution in [1.82, 2.24) is 10.9 Å². The van der Waals surface area contributed by atoms with Gasteiger partial charge in [0.1, 0.15) is 11.5 Å². The molecule has 2 amide bonds. The topological polar surface area (TPSA) is 76.7 Å². The highest BCUT2D eigenvalue weighted by atomic mass is 35.5. The van der Waals surface area contributed by atoms with Crippen LogP contribution in [-0.2, 0) is 9.59 Å². The minimum atomic E-state index is -0.491. The quantitative estimate of drug-likeness (QED) is 0.774. The third kappa shape index (κ3) is 6.73. The van der Waals surface area contributed by atoms with Gasteiger partial charge in [-0.25, -0.2) is 0 Å². The molecule has 0 saturated heterocycles. The summed E-state index contributed by atoms with van der Waals surface area (Å²) in [7, 11) is 0. The fourth-order valence-corrected chi connectivity index (χ4v) is 2.18. The van der Waals surface area contributed by atoms with Gasteiger partial charge in [-0.05, 0) is 61.4 Å². The SMILES string of the molecule is Cc1cc(C)cc(OCC(=O)NNC(=O)COc2ccc(Cl)cc2)c1. The molecule has 0 saturated carbocycles. The van der Waals surface area contributed by atoms with Crippen LogP contribution in [0.2, 0.25) is 5.02 Å². The maximum Gasteiger partial charge on any atom is 0.276 e. The van der Waals surface area contributed by atoms with Gasteiger partial charge in [0.25, 0.3) is 11.8 Å². The molecule has 0 unspecified atom stereocenters. The first-order valence-electron chi connectivity index (χ1n) is 7.59. The second kappa shape index (κ2) is 8.94. The van der Waals surface area contributed by atoms with Crippen molar-refractivity contribution >= 4 is 23.4 Å². The summed E-state index contributed by atoms with van der Waals surface area (Å²) >= 11 is 5.76. The van der Waals surface area contributed by atoms with Gasteiger partial charge >= 0.3 is 0 Å².